The number of ether oxygens (including phenoxy) is 1. The van der Waals surface area contributed by atoms with Crippen LogP contribution in [0.4, 0.5) is 0 Å². The number of halogens is 1. The van der Waals surface area contributed by atoms with Crippen molar-refractivity contribution in [1.29, 1.82) is 0 Å². The molecule has 0 unspecified atom stereocenters. The van der Waals surface area contributed by atoms with Gasteiger partial charge >= 0.3 is 0 Å². The highest BCUT2D eigenvalue weighted by Gasteiger charge is 2.24. The summed E-state index contributed by atoms with van der Waals surface area (Å²) in [7, 11) is 1.58. The molecule has 3 rings (SSSR count). The van der Waals surface area contributed by atoms with Crippen LogP contribution in [0.2, 0.25) is 5.02 Å². The number of hydrogen-bond acceptors (Lipinski definition) is 6. The van der Waals surface area contributed by atoms with Gasteiger partial charge in [0.1, 0.15) is 11.5 Å². The summed E-state index contributed by atoms with van der Waals surface area (Å²) < 4.78 is 10.4. The van der Waals surface area contributed by atoms with Crippen molar-refractivity contribution in [2.45, 2.75) is 26.8 Å². The molecule has 1 aliphatic heterocycles. The Morgan fingerprint density at radius 3 is 2.60 bits per heavy atom. The van der Waals surface area contributed by atoms with Crippen molar-refractivity contribution in [2.75, 3.05) is 39.8 Å². The molecule has 1 N–H and O–H groups in total. The van der Waals surface area contributed by atoms with E-state index in [9.17, 15) is 9.59 Å². The predicted molar refractivity (Wildman–Crippen MR) is 113 cm³/mol. The van der Waals surface area contributed by atoms with E-state index in [1.165, 1.54) is 0 Å². The smallest absolute Gasteiger partial charge is 0.234 e. The summed E-state index contributed by atoms with van der Waals surface area (Å²) in [5, 5.41) is 7.40. The monoisotopic (exact) mass is 434 g/mol. The highest BCUT2D eigenvalue weighted by Crippen LogP contribution is 2.22. The minimum absolute atomic E-state index is 0.0570. The third-order valence-corrected chi connectivity index (χ3v) is 5.55. The van der Waals surface area contributed by atoms with E-state index in [1.807, 2.05) is 23.6 Å². The molecule has 1 fully saturated rings. The molecule has 0 aliphatic carbocycles. The number of amides is 2. The molecule has 0 bridgehead atoms. The summed E-state index contributed by atoms with van der Waals surface area (Å²) in [6.45, 7) is 6.79. The molecule has 1 aromatic heterocycles. The molecular formula is C21H27ClN4O4. The first kappa shape index (κ1) is 22.1. The number of rotatable bonds is 7. The molecule has 2 heterocycles. The number of nitrogens with one attached hydrogen (secondary N) is 1. The molecule has 2 amide bonds. The predicted octanol–water partition coefficient (Wildman–Crippen LogP) is 1.96. The minimum atomic E-state index is -0.0764. The molecule has 1 saturated heterocycles. The molecule has 30 heavy (non-hydrogen) atoms. The van der Waals surface area contributed by atoms with Gasteiger partial charge in [0.05, 0.1) is 25.8 Å². The van der Waals surface area contributed by atoms with Gasteiger partial charge in [-0.05, 0) is 32.0 Å². The zero-order valence-electron chi connectivity index (χ0n) is 17.5. The molecule has 8 nitrogen and oxygen atoms in total. The first-order valence-corrected chi connectivity index (χ1v) is 10.3. The van der Waals surface area contributed by atoms with Crippen LogP contribution in [0.3, 0.4) is 0 Å². The van der Waals surface area contributed by atoms with E-state index in [-0.39, 0.29) is 18.4 Å². The highest BCUT2D eigenvalue weighted by molar-refractivity contribution is 6.30. The van der Waals surface area contributed by atoms with Gasteiger partial charge in [-0.2, -0.15) is 0 Å². The lowest BCUT2D eigenvalue weighted by atomic mass is 10.1. The van der Waals surface area contributed by atoms with E-state index >= 15 is 0 Å². The van der Waals surface area contributed by atoms with Crippen LogP contribution < -0.4 is 10.1 Å². The zero-order valence-corrected chi connectivity index (χ0v) is 18.3. The van der Waals surface area contributed by atoms with E-state index in [0.717, 1.165) is 16.8 Å². The number of carbonyl (C=O) groups excluding carboxylic acids is 2. The SMILES string of the molecule is COc1ccc(Cl)cc1CNC(=O)CN1CCN(C(=O)Cc2c(C)noc2C)CC1. The maximum absolute atomic E-state index is 12.6. The topological polar surface area (TPSA) is 87.9 Å². The van der Waals surface area contributed by atoms with Gasteiger partial charge < -0.3 is 19.5 Å². The summed E-state index contributed by atoms with van der Waals surface area (Å²) in [5.74, 6) is 1.35. The molecule has 0 spiro atoms. The number of benzene rings is 1. The molecule has 9 heteroatoms. The molecule has 162 valence electrons. The minimum Gasteiger partial charge on any atom is -0.496 e. The average Bonchev–Trinajstić information content (AvgIpc) is 3.05. The van der Waals surface area contributed by atoms with Gasteiger partial charge in [-0.3, -0.25) is 14.5 Å². The van der Waals surface area contributed by atoms with E-state index in [4.69, 9.17) is 20.9 Å². The molecule has 0 saturated carbocycles. The first-order valence-electron chi connectivity index (χ1n) is 9.88. The van der Waals surface area contributed by atoms with E-state index < -0.39 is 0 Å². The lowest BCUT2D eigenvalue weighted by Crippen LogP contribution is -2.51. The third-order valence-electron chi connectivity index (χ3n) is 5.32. The Morgan fingerprint density at radius 1 is 1.23 bits per heavy atom. The van der Waals surface area contributed by atoms with Crippen molar-refractivity contribution < 1.29 is 18.8 Å². The van der Waals surface area contributed by atoms with E-state index in [0.29, 0.717) is 55.7 Å². The van der Waals surface area contributed by atoms with Crippen LogP contribution in [0.1, 0.15) is 22.6 Å². The Bertz CT molecular complexity index is 887. The standard InChI is InChI=1S/C21H27ClN4O4/c1-14-18(15(2)30-24-14)11-21(28)26-8-6-25(7-9-26)13-20(27)23-12-16-10-17(22)4-5-19(16)29-3/h4-5,10H,6-9,11-13H2,1-3H3,(H,23,27). The lowest BCUT2D eigenvalue weighted by Gasteiger charge is -2.34. The second-order valence-corrected chi connectivity index (χ2v) is 7.81. The molecule has 0 radical (unpaired) electrons. The maximum Gasteiger partial charge on any atom is 0.234 e. The number of aryl methyl sites for hydroxylation is 2. The fourth-order valence-electron chi connectivity index (χ4n) is 3.51. The van der Waals surface area contributed by atoms with E-state index in [1.54, 1.807) is 25.3 Å². The number of hydrogen-bond donors (Lipinski definition) is 1. The normalized spacial score (nSPS) is 14.6. The largest absolute Gasteiger partial charge is 0.496 e. The first-order chi connectivity index (χ1) is 14.4. The summed E-state index contributed by atoms with van der Waals surface area (Å²) in [4.78, 5) is 28.8. The number of piperazine rings is 1. The highest BCUT2D eigenvalue weighted by atomic mass is 35.5. The fourth-order valence-corrected chi connectivity index (χ4v) is 3.71. The van der Waals surface area contributed by atoms with Crippen LogP contribution in [-0.4, -0.2) is 66.6 Å². The van der Waals surface area contributed by atoms with Crippen LogP contribution >= 0.6 is 11.6 Å². The lowest BCUT2D eigenvalue weighted by molar-refractivity contribution is -0.132. The zero-order chi connectivity index (χ0) is 21.7. The summed E-state index contributed by atoms with van der Waals surface area (Å²) in [6.07, 6.45) is 0.295. The van der Waals surface area contributed by atoms with Crippen LogP contribution in [0, 0.1) is 13.8 Å². The second kappa shape index (κ2) is 9.95. The second-order valence-electron chi connectivity index (χ2n) is 7.37. The summed E-state index contributed by atoms with van der Waals surface area (Å²) >= 11 is 6.03. The Morgan fingerprint density at radius 2 is 1.97 bits per heavy atom. The van der Waals surface area contributed by atoms with Crippen molar-refractivity contribution in [2.24, 2.45) is 0 Å². The van der Waals surface area contributed by atoms with Gasteiger partial charge in [-0.1, -0.05) is 16.8 Å². The van der Waals surface area contributed by atoms with Gasteiger partial charge in [0, 0.05) is 48.9 Å². The van der Waals surface area contributed by atoms with Crippen LogP contribution in [-0.2, 0) is 22.6 Å². The Balaban J connectivity index is 1.44. The van der Waals surface area contributed by atoms with Crippen molar-refractivity contribution in [3.05, 3.63) is 45.8 Å². The number of methoxy groups -OCH3 is 1. The number of carbonyl (C=O) groups is 2. The molecular weight excluding hydrogens is 408 g/mol. The summed E-state index contributed by atoms with van der Waals surface area (Å²) in [6, 6.07) is 5.31. The maximum atomic E-state index is 12.6. The number of nitrogens with zero attached hydrogens (tertiary/aromatic N) is 3. The van der Waals surface area contributed by atoms with Gasteiger partial charge in [0.15, 0.2) is 0 Å². The van der Waals surface area contributed by atoms with Crippen LogP contribution in [0.15, 0.2) is 22.7 Å². The van der Waals surface area contributed by atoms with Gasteiger partial charge in [-0.25, -0.2) is 0 Å². The fraction of sp³-hybridized carbons (Fsp3) is 0.476. The molecule has 1 aromatic carbocycles. The Kier molecular flexibility index (Phi) is 7.33. The van der Waals surface area contributed by atoms with E-state index in [2.05, 4.69) is 10.5 Å². The van der Waals surface area contributed by atoms with Crippen molar-refractivity contribution in [1.82, 2.24) is 20.3 Å². The van der Waals surface area contributed by atoms with Crippen molar-refractivity contribution in [3.63, 3.8) is 0 Å². The molecule has 2 aromatic rings. The molecule has 1 aliphatic rings. The van der Waals surface area contributed by atoms with Crippen LogP contribution in [0.25, 0.3) is 0 Å². The third kappa shape index (κ3) is 5.52. The molecule has 0 atom stereocenters. The van der Waals surface area contributed by atoms with Crippen LogP contribution in [0.5, 0.6) is 5.75 Å². The summed E-state index contributed by atoms with van der Waals surface area (Å²) in [5.41, 5.74) is 2.44. The Hall–Kier alpha value is -2.58. The van der Waals surface area contributed by atoms with Gasteiger partial charge in [0.2, 0.25) is 11.8 Å². The Labute approximate surface area is 181 Å². The quantitative estimate of drug-likeness (QED) is 0.716. The van der Waals surface area contributed by atoms with Crippen molar-refractivity contribution in [3.8, 4) is 5.75 Å². The average molecular weight is 435 g/mol. The number of aromatic nitrogens is 1. The van der Waals surface area contributed by atoms with Gasteiger partial charge in [-0.15, -0.1) is 0 Å². The van der Waals surface area contributed by atoms with Gasteiger partial charge in [0.25, 0.3) is 0 Å². The van der Waals surface area contributed by atoms with Crippen molar-refractivity contribution >= 4 is 23.4 Å².